The third kappa shape index (κ3) is 4.37. The Labute approximate surface area is 152 Å². The van der Waals surface area contributed by atoms with Crippen molar-refractivity contribution in [2.24, 2.45) is 5.92 Å². The van der Waals surface area contributed by atoms with Gasteiger partial charge in [-0.15, -0.1) is 0 Å². The summed E-state index contributed by atoms with van der Waals surface area (Å²) in [6.45, 7) is 3.00. The first kappa shape index (κ1) is 17.4. The van der Waals surface area contributed by atoms with Crippen LogP contribution in [0.3, 0.4) is 0 Å². The molecule has 1 aliphatic rings. The van der Waals surface area contributed by atoms with Crippen LogP contribution in [0.25, 0.3) is 0 Å². The number of benzene rings is 1. The zero-order valence-electron chi connectivity index (χ0n) is 14.0. The van der Waals surface area contributed by atoms with Gasteiger partial charge in [0.2, 0.25) is 5.91 Å². The monoisotopic (exact) mass is 357 g/mol. The van der Waals surface area contributed by atoms with Gasteiger partial charge in [-0.1, -0.05) is 23.7 Å². The van der Waals surface area contributed by atoms with Crippen molar-refractivity contribution in [3.63, 3.8) is 0 Å². The van der Waals surface area contributed by atoms with E-state index in [0.29, 0.717) is 29.5 Å². The minimum atomic E-state index is -0.236. The zero-order valence-corrected chi connectivity index (χ0v) is 14.8. The SMILES string of the molecule is Cc1ccc(NC(=O)C2CCCN(C(=O)c3cccc(Cl)c3)C2)nc1. The van der Waals surface area contributed by atoms with Gasteiger partial charge < -0.3 is 10.2 Å². The molecule has 2 aromatic rings. The molecular formula is C19H20ClN3O2. The Morgan fingerprint density at radius 2 is 2.12 bits per heavy atom. The topological polar surface area (TPSA) is 62.3 Å². The number of likely N-dealkylation sites (tertiary alicyclic amines) is 1. The van der Waals surface area contributed by atoms with Crippen LogP contribution in [0.2, 0.25) is 5.02 Å². The lowest BCUT2D eigenvalue weighted by Crippen LogP contribution is -2.43. The van der Waals surface area contributed by atoms with Gasteiger partial charge in [-0.05, 0) is 49.6 Å². The van der Waals surface area contributed by atoms with Gasteiger partial charge >= 0.3 is 0 Å². The van der Waals surface area contributed by atoms with E-state index in [9.17, 15) is 9.59 Å². The van der Waals surface area contributed by atoms with Gasteiger partial charge in [-0.2, -0.15) is 0 Å². The summed E-state index contributed by atoms with van der Waals surface area (Å²) in [6.07, 6.45) is 3.27. The number of hydrogen-bond acceptors (Lipinski definition) is 3. The summed E-state index contributed by atoms with van der Waals surface area (Å²) in [5, 5.41) is 3.37. The van der Waals surface area contributed by atoms with Gasteiger partial charge in [0.15, 0.2) is 0 Å². The van der Waals surface area contributed by atoms with Crippen molar-refractivity contribution in [2.45, 2.75) is 19.8 Å². The summed E-state index contributed by atoms with van der Waals surface area (Å²) in [5.41, 5.74) is 1.59. The molecule has 1 fully saturated rings. The van der Waals surface area contributed by atoms with Crippen LogP contribution in [0.4, 0.5) is 5.82 Å². The first-order valence-corrected chi connectivity index (χ1v) is 8.69. The van der Waals surface area contributed by atoms with Gasteiger partial charge in [0.05, 0.1) is 5.92 Å². The Morgan fingerprint density at radius 3 is 2.84 bits per heavy atom. The van der Waals surface area contributed by atoms with E-state index in [2.05, 4.69) is 10.3 Å². The molecule has 0 spiro atoms. The molecule has 0 aliphatic carbocycles. The van der Waals surface area contributed by atoms with Crippen LogP contribution in [0, 0.1) is 12.8 Å². The van der Waals surface area contributed by atoms with Crippen LogP contribution in [0.5, 0.6) is 0 Å². The van der Waals surface area contributed by atoms with E-state index in [1.54, 1.807) is 41.4 Å². The number of carbonyl (C=O) groups is 2. The average molecular weight is 358 g/mol. The first-order valence-electron chi connectivity index (χ1n) is 8.31. The third-order valence-corrected chi connectivity index (χ3v) is 4.55. The second-order valence-electron chi connectivity index (χ2n) is 6.31. The molecule has 5 nitrogen and oxygen atoms in total. The van der Waals surface area contributed by atoms with Gasteiger partial charge in [-0.25, -0.2) is 4.98 Å². The third-order valence-electron chi connectivity index (χ3n) is 4.31. The number of carbonyl (C=O) groups excluding carboxylic acids is 2. The molecule has 1 atom stereocenters. The number of nitrogens with zero attached hydrogens (tertiary/aromatic N) is 2. The first-order chi connectivity index (χ1) is 12.0. The van der Waals surface area contributed by atoms with Crippen LogP contribution in [0.15, 0.2) is 42.6 Å². The molecule has 0 saturated carbocycles. The molecule has 130 valence electrons. The van der Waals surface area contributed by atoms with Crippen molar-refractivity contribution in [2.75, 3.05) is 18.4 Å². The van der Waals surface area contributed by atoms with Gasteiger partial charge in [0.25, 0.3) is 5.91 Å². The molecule has 1 N–H and O–H groups in total. The quantitative estimate of drug-likeness (QED) is 0.913. The highest BCUT2D eigenvalue weighted by atomic mass is 35.5. The fourth-order valence-electron chi connectivity index (χ4n) is 2.95. The van der Waals surface area contributed by atoms with Gasteiger partial charge in [0, 0.05) is 29.9 Å². The minimum Gasteiger partial charge on any atom is -0.338 e. The standard InChI is InChI=1S/C19H20ClN3O2/c1-13-7-8-17(21-11-13)22-18(24)15-5-3-9-23(12-15)19(25)14-4-2-6-16(20)10-14/h2,4,6-8,10-11,15H,3,5,9,12H2,1H3,(H,21,22,24). The molecule has 25 heavy (non-hydrogen) atoms. The zero-order chi connectivity index (χ0) is 17.8. The molecule has 1 aromatic heterocycles. The van der Waals surface area contributed by atoms with Crippen molar-refractivity contribution in [1.82, 2.24) is 9.88 Å². The van der Waals surface area contributed by atoms with Gasteiger partial charge in [-0.3, -0.25) is 9.59 Å². The smallest absolute Gasteiger partial charge is 0.253 e. The Morgan fingerprint density at radius 1 is 1.28 bits per heavy atom. The summed E-state index contributed by atoms with van der Waals surface area (Å²) in [4.78, 5) is 31.1. The van der Waals surface area contributed by atoms with Crippen LogP contribution in [-0.4, -0.2) is 34.8 Å². The van der Waals surface area contributed by atoms with Crippen molar-refractivity contribution in [3.05, 3.63) is 58.7 Å². The lowest BCUT2D eigenvalue weighted by Gasteiger charge is -2.32. The maximum Gasteiger partial charge on any atom is 0.253 e. The molecule has 1 aliphatic heterocycles. The van der Waals surface area contributed by atoms with Gasteiger partial charge in [0.1, 0.15) is 5.82 Å². The predicted octanol–water partition coefficient (Wildman–Crippen LogP) is 3.53. The molecule has 0 bridgehead atoms. The number of rotatable bonds is 3. The normalized spacial score (nSPS) is 17.2. The molecule has 1 saturated heterocycles. The summed E-state index contributed by atoms with van der Waals surface area (Å²) in [5.74, 6) is 0.113. The van der Waals surface area contributed by atoms with Crippen LogP contribution in [0.1, 0.15) is 28.8 Å². The number of hydrogen-bond donors (Lipinski definition) is 1. The molecule has 2 amide bonds. The number of pyridine rings is 1. The highest BCUT2D eigenvalue weighted by Gasteiger charge is 2.29. The van der Waals surface area contributed by atoms with E-state index in [0.717, 1.165) is 18.4 Å². The summed E-state index contributed by atoms with van der Waals surface area (Å²) < 4.78 is 0. The number of anilines is 1. The number of piperidine rings is 1. The molecule has 1 aromatic carbocycles. The fourth-order valence-corrected chi connectivity index (χ4v) is 3.14. The van der Waals surface area contributed by atoms with E-state index < -0.39 is 0 Å². The van der Waals surface area contributed by atoms with E-state index in [-0.39, 0.29) is 17.7 Å². The molecule has 0 radical (unpaired) electrons. The predicted molar refractivity (Wildman–Crippen MR) is 97.7 cm³/mol. The van der Waals surface area contributed by atoms with E-state index >= 15 is 0 Å². The molecule has 3 rings (SSSR count). The van der Waals surface area contributed by atoms with Crippen molar-refractivity contribution >= 4 is 29.2 Å². The maximum atomic E-state index is 12.6. The van der Waals surface area contributed by atoms with Crippen LogP contribution in [-0.2, 0) is 4.79 Å². The van der Waals surface area contributed by atoms with Crippen molar-refractivity contribution in [3.8, 4) is 0 Å². The summed E-state index contributed by atoms with van der Waals surface area (Å²) in [6, 6.07) is 10.6. The maximum absolute atomic E-state index is 12.6. The van der Waals surface area contributed by atoms with E-state index in [1.165, 1.54) is 0 Å². The number of aromatic nitrogens is 1. The second-order valence-corrected chi connectivity index (χ2v) is 6.75. The minimum absolute atomic E-state index is 0.0894. The fraction of sp³-hybridized carbons (Fsp3) is 0.316. The largest absolute Gasteiger partial charge is 0.338 e. The Balaban J connectivity index is 1.65. The highest BCUT2D eigenvalue weighted by molar-refractivity contribution is 6.30. The lowest BCUT2D eigenvalue weighted by molar-refractivity contribution is -0.121. The number of aryl methyl sites for hydroxylation is 1. The number of halogens is 1. The highest BCUT2D eigenvalue weighted by Crippen LogP contribution is 2.21. The van der Waals surface area contributed by atoms with Crippen molar-refractivity contribution < 1.29 is 9.59 Å². The van der Waals surface area contributed by atoms with Crippen molar-refractivity contribution in [1.29, 1.82) is 0 Å². The Bertz CT molecular complexity index is 776. The summed E-state index contributed by atoms with van der Waals surface area (Å²) in [7, 11) is 0. The number of nitrogens with one attached hydrogen (secondary N) is 1. The molecule has 2 heterocycles. The molecular weight excluding hydrogens is 338 g/mol. The lowest BCUT2D eigenvalue weighted by atomic mass is 9.96. The van der Waals surface area contributed by atoms with Crippen LogP contribution >= 0.6 is 11.6 Å². The van der Waals surface area contributed by atoms with E-state index in [4.69, 9.17) is 11.6 Å². The molecule has 6 heteroatoms. The number of amides is 2. The Hall–Kier alpha value is -2.40. The van der Waals surface area contributed by atoms with E-state index in [1.807, 2.05) is 13.0 Å². The average Bonchev–Trinajstić information content (AvgIpc) is 2.63. The summed E-state index contributed by atoms with van der Waals surface area (Å²) >= 11 is 5.97. The second kappa shape index (κ2) is 7.66. The molecule has 1 unspecified atom stereocenters. The van der Waals surface area contributed by atoms with Crippen LogP contribution < -0.4 is 5.32 Å². The Kier molecular flexibility index (Phi) is 5.34.